The van der Waals surface area contributed by atoms with Crippen LogP contribution in [0.4, 0.5) is 0 Å². The Bertz CT molecular complexity index is 949. The molecule has 0 aliphatic heterocycles. The summed E-state index contributed by atoms with van der Waals surface area (Å²) in [6, 6.07) is 18.4. The molecule has 0 saturated heterocycles. The summed E-state index contributed by atoms with van der Waals surface area (Å²) in [5, 5.41) is 12.3. The quantitative estimate of drug-likeness (QED) is 0.519. The van der Waals surface area contributed by atoms with Crippen LogP contribution < -0.4 is 4.74 Å². The van der Waals surface area contributed by atoms with Crippen LogP contribution in [0, 0.1) is 11.3 Å². The summed E-state index contributed by atoms with van der Waals surface area (Å²) in [5.74, 6) is 0.773. The fourth-order valence-electron chi connectivity index (χ4n) is 2.63. The normalized spacial score (nSPS) is 11.2. The van der Waals surface area contributed by atoms with Gasteiger partial charge >= 0.3 is 0 Å². The first kappa shape index (κ1) is 17.9. The number of thiazole rings is 1. The van der Waals surface area contributed by atoms with Gasteiger partial charge in [-0.15, -0.1) is 11.3 Å². The molecule has 4 heteroatoms. The molecule has 0 saturated carbocycles. The van der Waals surface area contributed by atoms with Crippen molar-refractivity contribution >= 4 is 23.0 Å². The maximum absolute atomic E-state index is 9.62. The van der Waals surface area contributed by atoms with Gasteiger partial charge in [-0.3, -0.25) is 0 Å². The van der Waals surface area contributed by atoms with Gasteiger partial charge in [-0.05, 0) is 31.1 Å². The molecule has 0 unspecified atom stereocenters. The molecule has 0 bridgehead atoms. The molecular weight excluding hydrogens is 340 g/mol. The van der Waals surface area contributed by atoms with Crippen molar-refractivity contribution in [2.24, 2.45) is 0 Å². The third-order valence-corrected chi connectivity index (χ3v) is 4.91. The molecule has 0 spiro atoms. The molecule has 0 aliphatic rings. The lowest BCUT2D eigenvalue weighted by molar-refractivity contribution is 0.339. The van der Waals surface area contributed by atoms with Crippen LogP contribution in [0.25, 0.3) is 22.9 Å². The van der Waals surface area contributed by atoms with Crippen molar-refractivity contribution in [3.63, 3.8) is 0 Å². The highest BCUT2D eigenvalue weighted by Crippen LogP contribution is 2.29. The van der Waals surface area contributed by atoms with Crippen LogP contribution in [-0.2, 0) is 6.42 Å². The summed E-state index contributed by atoms with van der Waals surface area (Å²) in [4.78, 5) is 4.67. The van der Waals surface area contributed by atoms with E-state index in [9.17, 15) is 5.26 Å². The molecule has 1 heterocycles. The van der Waals surface area contributed by atoms with Gasteiger partial charge in [0.2, 0.25) is 0 Å². The van der Waals surface area contributed by atoms with Crippen molar-refractivity contribution in [3.05, 3.63) is 70.0 Å². The highest BCUT2D eigenvalue weighted by Gasteiger charge is 2.10. The van der Waals surface area contributed by atoms with Gasteiger partial charge in [0.15, 0.2) is 0 Å². The average molecular weight is 360 g/mol. The SMILES string of the molecule is CCOc1ccccc1/C=C(\C#N)c1nc(-c2ccc(CC)cc2)cs1. The van der Waals surface area contributed by atoms with Gasteiger partial charge in [0.1, 0.15) is 16.8 Å². The van der Waals surface area contributed by atoms with Gasteiger partial charge in [-0.25, -0.2) is 4.98 Å². The van der Waals surface area contributed by atoms with E-state index < -0.39 is 0 Å². The number of hydrogen-bond acceptors (Lipinski definition) is 4. The van der Waals surface area contributed by atoms with Crippen molar-refractivity contribution in [2.75, 3.05) is 6.61 Å². The first-order chi connectivity index (χ1) is 12.7. The van der Waals surface area contributed by atoms with E-state index >= 15 is 0 Å². The number of aryl methyl sites for hydroxylation is 1. The standard InChI is InChI=1S/C22H20N2OS/c1-3-16-9-11-17(12-10-16)20-15-26-22(24-20)19(14-23)13-18-7-5-6-8-21(18)25-4-2/h5-13,15H,3-4H2,1-2H3/b19-13+. The lowest BCUT2D eigenvalue weighted by Gasteiger charge is -2.06. The predicted octanol–water partition coefficient (Wildman–Crippen LogP) is 5.84. The van der Waals surface area contributed by atoms with Crippen molar-refractivity contribution < 1.29 is 4.74 Å². The Morgan fingerprint density at radius 1 is 1.15 bits per heavy atom. The summed E-state index contributed by atoms with van der Waals surface area (Å²) >= 11 is 1.48. The van der Waals surface area contributed by atoms with E-state index in [1.165, 1.54) is 16.9 Å². The first-order valence-corrected chi connectivity index (χ1v) is 9.52. The summed E-state index contributed by atoms with van der Waals surface area (Å²) in [7, 11) is 0. The molecule has 2 aromatic carbocycles. The van der Waals surface area contributed by atoms with Gasteiger partial charge in [0, 0.05) is 16.5 Å². The highest BCUT2D eigenvalue weighted by molar-refractivity contribution is 7.11. The Morgan fingerprint density at radius 3 is 2.62 bits per heavy atom. The Kier molecular flexibility index (Phi) is 5.83. The van der Waals surface area contributed by atoms with E-state index in [1.807, 2.05) is 42.6 Å². The Balaban J connectivity index is 1.92. The monoisotopic (exact) mass is 360 g/mol. The van der Waals surface area contributed by atoms with Crippen LogP contribution >= 0.6 is 11.3 Å². The number of para-hydroxylation sites is 1. The van der Waals surface area contributed by atoms with Crippen LogP contribution in [0.1, 0.15) is 30.0 Å². The molecule has 0 aliphatic carbocycles. The molecule has 0 amide bonds. The topological polar surface area (TPSA) is 45.9 Å². The minimum atomic E-state index is 0.540. The van der Waals surface area contributed by atoms with Gasteiger partial charge in [0.05, 0.1) is 17.9 Å². The Hall–Kier alpha value is -2.90. The molecule has 1 aromatic heterocycles. The number of nitriles is 1. The Labute approximate surface area is 158 Å². The average Bonchev–Trinajstić information content (AvgIpc) is 3.17. The number of aromatic nitrogens is 1. The van der Waals surface area contributed by atoms with E-state index in [-0.39, 0.29) is 0 Å². The predicted molar refractivity (Wildman–Crippen MR) is 108 cm³/mol. The fourth-order valence-corrected chi connectivity index (χ4v) is 3.42. The number of benzene rings is 2. The zero-order valence-electron chi connectivity index (χ0n) is 14.9. The van der Waals surface area contributed by atoms with E-state index in [2.05, 4.69) is 42.2 Å². The third kappa shape index (κ3) is 4.01. The van der Waals surface area contributed by atoms with E-state index in [0.29, 0.717) is 17.2 Å². The summed E-state index contributed by atoms with van der Waals surface area (Å²) in [6.07, 6.45) is 2.86. The molecule has 3 nitrogen and oxygen atoms in total. The van der Waals surface area contributed by atoms with Gasteiger partial charge < -0.3 is 4.74 Å². The number of nitrogens with zero attached hydrogens (tertiary/aromatic N) is 2. The number of allylic oxidation sites excluding steroid dienone is 1. The molecule has 3 rings (SSSR count). The Morgan fingerprint density at radius 2 is 1.92 bits per heavy atom. The number of rotatable bonds is 6. The van der Waals surface area contributed by atoms with Crippen LogP contribution in [-0.4, -0.2) is 11.6 Å². The number of ether oxygens (including phenoxy) is 1. The zero-order valence-corrected chi connectivity index (χ0v) is 15.7. The minimum absolute atomic E-state index is 0.540. The second-order valence-electron chi connectivity index (χ2n) is 5.73. The fraction of sp³-hybridized carbons (Fsp3) is 0.182. The largest absolute Gasteiger partial charge is 0.493 e. The zero-order chi connectivity index (χ0) is 18.4. The molecule has 0 fully saturated rings. The van der Waals surface area contributed by atoms with Crippen LogP contribution in [0.2, 0.25) is 0 Å². The van der Waals surface area contributed by atoms with E-state index in [1.54, 1.807) is 0 Å². The minimum Gasteiger partial charge on any atom is -0.493 e. The molecule has 26 heavy (non-hydrogen) atoms. The molecule has 0 atom stereocenters. The highest BCUT2D eigenvalue weighted by atomic mass is 32.1. The summed E-state index contributed by atoms with van der Waals surface area (Å²) in [6.45, 7) is 4.67. The lowest BCUT2D eigenvalue weighted by Crippen LogP contribution is -1.93. The maximum atomic E-state index is 9.62. The van der Waals surface area contributed by atoms with Crippen molar-refractivity contribution in [1.29, 1.82) is 5.26 Å². The number of hydrogen-bond donors (Lipinski definition) is 0. The second-order valence-corrected chi connectivity index (χ2v) is 6.59. The lowest BCUT2D eigenvalue weighted by atomic mass is 10.1. The van der Waals surface area contributed by atoms with Crippen molar-refractivity contribution in [1.82, 2.24) is 4.98 Å². The van der Waals surface area contributed by atoms with Gasteiger partial charge in [-0.1, -0.05) is 49.4 Å². The van der Waals surface area contributed by atoms with Crippen LogP contribution in [0.5, 0.6) is 5.75 Å². The summed E-state index contributed by atoms with van der Waals surface area (Å²) < 4.78 is 5.64. The van der Waals surface area contributed by atoms with Gasteiger partial charge in [-0.2, -0.15) is 5.26 Å². The second kappa shape index (κ2) is 8.46. The van der Waals surface area contributed by atoms with Crippen molar-refractivity contribution in [2.45, 2.75) is 20.3 Å². The summed E-state index contributed by atoms with van der Waals surface area (Å²) in [5.41, 5.74) is 4.69. The molecule has 0 radical (unpaired) electrons. The molecular formula is C22H20N2OS. The maximum Gasteiger partial charge on any atom is 0.134 e. The third-order valence-electron chi connectivity index (χ3n) is 4.03. The van der Waals surface area contributed by atoms with E-state index in [4.69, 9.17) is 4.74 Å². The van der Waals surface area contributed by atoms with Gasteiger partial charge in [0.25, 0.3) is 0 Å². The van der Waals surface area contributed by atoms with Crippen LogP contribution in [0.3, 0.4) is 0 Å². The first-order valence-electron chi connectivity index (χ1n) is 8.64. The smallest absolute Gasteiger partial charge is 0.134 e. The molecule has 3 aromatic rings. The molecule has 0 N–H and O–H groups in total. The molecule has 130 valence electrons. The van der Waals surface area contributed by atoms with Crippen LogP contribution in [0.15, 0.2) is 53.9 Å². The van der Waals surface area contributed by atoms with E-state index in [0.717, 1.165) is 29.0 Å². The van der Waals surface area contributed by atoms with Crippen molar-refractivity contribution in [3.8, 4) is 23.1 Å².